The second-order valence-corrected chi connectivity index (χ2v) is 3.07. The van der Waals surface area contributed by atoms with Crippen molar-refractivity contribution in [3.05, 3.63) is 0 Å². The van der Waals surface area contributed by atoms with E-state index in [9.17, 15) is 9.59 Å². The third-order valence-corrected chi connectivity index (χ3v) is 1.99. The number of carbonyl (C=O) groups is 2. The molecule has 1 amide bonds. The molecule has 0 unspecified atom stereocenters. The minimum Gasteiger partial charge on any atom is -0.465 e. The van der Waals surface area contributed by atoms with Crippen LogP contribution in [0.25, 0.3) is 0 Å². The number of rotatable bonds is 5. The third kappa shape index (κ3) is 4.77. The Morgan fingerprint density at radius 3 is 2.44 bits per heavy atom. The first-order valence-electron chi connectivity index (χ1n) is 5.11. The second kappa shape index (κ2) is 7.67. The molecule has 0 aliphatic rings. The first-order valence-corrected chi connectivity index (χ1v) is 5.11. The molecule has 0 heterocycles. The van der Waals surface area contributed by atoms with Crippen molar-refractivity contribution in [2.75, 3.05) is 13.7 Å². The zero-order valence-corrected chi connectivity index (χ0v) is 10.1. The molecule has 0 radical (unpaired) electrons. The molecule has 0 saturated carbocycles. The predicted molar refractivity (Wildman–Crippen MR) is 59.1 cm³/mol. The Balaban J connectivity index is 4.45. The number of hydrogen-bond acceptors (Lipinski definition) is 5. The summed E-state index contributed by atoms with van der Waals surface area (Å²) in [5.74, 6) is -0.768. The van der Waals surface area contributed by atoms with E-state index in [0.29, 0.717) is 18.7 Å². The molecular formula is C10H18N2O4. The molecule has 0 aromatic carbocycles. The average Bonchev–Trinajstić information content (AvgIpc) is 2.27. The van der Waals surface area contributed by atoms with Crippen molar-refractivity contribution >= 4 is 17.8 Å². The van der Waals surface area contributed by atoms with Crippen LogP contribution in [0.2, 0.25) is 0 Å². The molecule has 0 aliphatic carbocycles. The van der Waals surface area contributed by atoms with Crippen molar-refractivity contribution in [1.29, 1.82) is 0 Å². The van der Waals surface area contributed by atoms with E-state index in [0.717, 1.165) is 0 Å². The van der Waals surface area contributed by atoms with Crippen LogP contribution in [0.15, 0.2) is 5.10 Å². The maximum absolute atomic E-state index is 11.5. The van der Waals surface area contributed by atoms with Gasteiger partial charge in [-0.25, -0.2) is 10.2 Å². The van der Waals surface area contributed by atoms with Crippen LogP contribution >= 0.6 is 0 Å². The average molecular weight is 230 g/mol. The van der Waals surface area contributed by atoms with Crippen LogP contribution < -0.4 is 5.43 Å². The lowest BCUT2D eigenvalue weighted by molar-refractivity contribution is -0.145. The minimum atomic E-state index is -0.668. The molecule has 1 atom stereocenters. The molecule has 1 N–H and O–H groups in total. The fraction of sp³-hybridized carbons (Fsp3) is 0.700. The number of carbonyl (C=O) groups excluding carboxylic acids is 2. The smallest absolute Gasteiger partial charge is 0.427 e. The van der Waals surface area contributed by atoms with E-state index in [2.05, 4.69) is 15.3 Å². The summed E-state index contributed by atoms with van der Waals surface area (Å²) in [5.41, 5.74) is 2.65. The number of amides is 1. The number of ether oxygens (including phenoxy) is 2. The van der Waals surface area contributed by atoms with E-state index in [4.69, 9.17) is 4.74 Å². The van der Waals surface area contributed by atoms with Gasteiger partial charge in [0.05, 0.1) is 19.6 Å². The zero-order valence-electron chi connectivity index (χ0n) is 10.1. The Kier molecular flexibility index (Phi) is 6.91. The molecule has 0 bridgehead atoms. The van der Waals surface area contributed by atoms with E-state index < -0.39 is 12.0 Å². The van der Waals surface area contributed by atoms with Crippen molar-refractivity contribution in [2.45, 2.75) is 27.2 Å². The highest BCUT2D eigenvalue weighted by atomic mass is 16.5. The molecule has 0 aromatic heterocycles. The van der Waals surface area contributed by atoms with E-state index in [1.54, 1.807) is 13.8 Å². The standard InChI is InChI=1S/C10H18N2O4/c1-5-8(9(13)16-6-2)7(3)11-12-10(14)15-4/h8H,5-6H2,1-4H3,(H,12,14)/b11-7-/t8-/m0/s1. The first-order chi connectivity index (χ1) is 7.56. The van der Waals surface area contributed by atoms with E-state index in [1.165, 1.54) is 7.11 Å². The van der Waals surface area contributed by atoms with Crippen LogP contribution in [0, 0.1) is 5.92 Å². The number of methoxy groups -OCH3 is 1. The Hall–Kier alpha value is -1.59. The fourth-order valence-electron chi connectivity index (χ4n) is 1.13. The number of hydrogen-bond donors (Lipinski definition) is 1. The van der Waals surface area contributed by atoms with Crippen molar-refractivity contribution in [2.24, 2.45) is 11.0 Å². The SMILES string of the molecule is CCOC(=O)[C@@H](CC)/C(C)=N\NC(=O)OC. The summed E-state index contributed by atoms with van der Waals surface area (Å²) in [7, 11) is 1.24. The normalized spacial score (nSPS) is 12.9. The van der Waals surface area contributed by atoms with Gasteiger partial charge in [-0.1, -0.05) is 6.92 Å². The molecule has 0 aliphatic heterocycles. The summed E-state index contributed by atoms with van der Waals surface area (Å²) in [5, 5.41) is 3.76. The van der Waals surface area contributed by atoms with Gasteiger partial charge >= 0.3 is 12.1 Å². The zero-order chi connectivity index (χ0) is 12.6. The van der Waals surface area contributed by atoms with Crippen LogP contribution in [0.3, 0.4) is 0 Å². The Morgan fingerprint density at radius 1 is 1.38 bits per heavy atom. The fourth-order valence-corrected chi connectivity index (χ4v) is 1.13. The predicted octanol–water partition coefficient (Wildman–Crippen LogP) is 1.31. The lowest BCUT2D eigenvalue weighted by atomic mass is 10.0. The molecule has 6 nitrogen and oxygen atoms in total. The minimum absolute atomic E-state index is 0.326. The summed E-state index contributed by atoms with van der Waals surface area (Å²) in [4.78, 5) is 22.2. The van der Waals surface area contributed by atoms with Crippen molar-refractivity contribution in [3.8, 4) is 0 Å². The van der Waals surface area contributed by atoms with Gasteiger partial charge in [-0.3, -0.25) is 4.79 Å². The van der Waals surface area contributed by atoms with Gasteiger partial charge in [-0.2, -0.15) is 5.10 Å². The van der Waals surface area contributed by atoms with Gasteiger partial charge in [0.1, 0.15) is 0 Å². The third-order valence-electron chi connectivity index (χ3n) is 1.99. The van der Waals surface area contributed by atoms with Gasteiger partial charge < -0.3 is 9.47 Å². The van der Waals surface area contributed by atoms with Crippen LogP contribution in [0.5, 0.6) is 0 Å². The monoisotopic (exact) mass is 230 g/mol. The molecule has 0 spiro atoms. The Morgan fingerprint density at radius 2 is 2.00 bits per heavy atom. The van der Waals surface area contributed by atoms with E-state index in [-0.39, 0.29) is 5.97 Å². The number of nitrogens with zero attached hydrogens (tertiary/aromatic N) is 1. The quantitative estimate of drug-likeness (QED) is 0.439. The van der Waals surface area contributed by atoms with Gasteiger partial charge in [-0.15, -0.1) is 0 Å². The van der Waals surface area contributed by atoms with Crippen molar-refractivity contribution in [3.63, 3.8) is 0 Å². The molecule has 0 saturated heterocycles. The highest BCUT2D eigenvalue weighted by Gasteiger charge is 2.21. The van der Waals surface area contributed by atoms with Crippen molar-refractivity contribution < 1.29 is 19.1 Å². The largest absolute Gasteiger partial charge is 0.465 e. The highest BCUT2D eigenvalue weighted by molar-refractivity contribution is 6.01. The van der Waals surface area contributed by atoms with Crippen LogP contribution in [-0.2, 0) is 14.3 Å². The van der Waals surface area contributed by atoms with Gasteiger partial charge in [0.15, 0.2) is 0 Å². The highest BCUT2D eigenvalue weighted by Crippen LogP contribution is 2.07. The number of nitrogens with one attached hydrogen (secondary N) is 1. The van der Waals surface area contributed by atoms with E-state index in [1.807, 2.05) is 6.92 Å². The number of hydrazone groups is 1. The maximum atomic E-state index is 11.5. The van der Waals surface area contributed by atoms with Gasteiger partial charge in [-0.05, 0) is 20.3 Å². The first kappa shape index (κ1) is 14.4. The summed E-state index contributed by atoms with van der Waals surface area (Å²) < 4.78 is 9.23. The Labute approximate surface area is 95.0 Å². The summed E-state index contributed by atoms with van der Waals surface area (Å²) in [6.07, 6.45) is -0.102. The summed E-state index contributed by atoms with van der Waals surface area (Å²) in [6, 6.07) is 0. The molecule has 16 heavy (non-hydrogen) atoms. The maximum Gasteiger partial charge on any atom is 0.427 e. The lowest BCUT2D eigenvalue weighted by Crippen LogP contribution is -2.27. The molecular weight excluding hydrogens is 212 g/mol. The summed E-state index contributed by atoms with van der Waals surface area (Å²) >= 11 is 0. The van der Waals surface area contributed by atoms with Crippen LogP contribution in [0.4, 0.5) is 4.79 Å². The molecule has 0 aromatic rings. The lowest BCUT2D eigenvalue weighted by Gasteiger charge is -2.12. The molecule has 92 valence electrons. The Bertz CT molecular complexity index is 276. The summed E-state index contributed by atoms with van der Waals surface area (Å²) in [6.45, 7) is 5.57. The van der Waals surface area contributed by atoms with Crippen LogP contribution in [0.1, 0.15) is 27.2 Å². The van der Waals surface area contributed by atoms with E-state index >= 15 is 0 Å². The number of esters is 1. The second-order valence-electron chi connectivity index (χ2n) is 3.07. The van der Waals surface area contributed by atoms with Crippen molar-refractivity contribution in [1.82, 2.24) is 5.43 Å². The van der Waals surface area contributed by atoms with Gasteiger partial charge in [0, 0.05) is 5.71 Å². The van der Waals surface area contributed by atoms with Gasteiger partial charge in [0.25, 0.3) is 0 Å². The topological polar surface area (TPSA) is 77.0 Å². The van der Waals surface area contributed by atoms with Crippen LogP contribution in [-0.4, -0.2) is 31.5 Å². The molecule has 6 heteroatoms. The van der Waals surface area contributed by atoms with Gasteiger partial charge in [0.2, 0.25) is 0 Å². The molecule has 0 rings (SSSR count). The molecule has 0 fully saturated rings.